The van der Waals surface area contributed by atoms with E-state index in [1.54, 1.807) is 37.4 Å². The SMILES string of the molecule is COc1cc(/C=C(/C#N)C(=O)Nc2ccc(Br)cc2)ccc1OCc1cccc2ccccc12. The van der Waals surface area contributed by atoms with Crippen LogP contribution >= 0.6 is 15.9 Å². The van der Waals surface area contributed by atoms with Crippen molar-refractivity contribution in [2.45, 2.75) is 6.61 Å². The number of carbonyl (C=O) groups is 1. The smallest absolute Gasteiger partial charge is 0.266 e. The highest BCUT2D eigenvalue weighted by molar-refractivity contribution is 9.10. The average Bonchev–Trinajstić information content (AvgIpc) is 2.87. The number of ether oxygens (including phenoxy) is 2. The second kappa shape index (κ2) is 10.7. The molecule has 0 atom stereocenters. The van der Waals surface area contributed by atoms with Crippen LogP contribution in [0.3, 0.4) is 0 Å². The molecule has 0 aliphatic rings. The van der Waals surface area contributed by atoms with Crippen molar-refractivity contribution in [3.63, 3.8) is 0 Å². The Morgan fingerprint density at radius 1 is 1.00 bits per heavy atom. The number of halogens is 1. The molecule has 1 N–H and O–H groups in total. The van der Waals surface area contributed by atoms with E-state index in [0.717, 1.165) is 20.8 Å². The molecule has 0 aliphatic carbocycles. The number of nitrogens with one attached hydrogen (secondary N) is 1. The standard InChI is InChI=1S/C28H21BrN2O3/c1-33-27-16-19(15-22(17-30)28(32)31-24-12-10-23(29)11-13-24)9-14-26(27)34-18-21-7-4-6-20-5-2-3-8-25(20)21/h2-16H,18H2,1H3,(H,31,32)/b22-15-. The Labute approximate surface area is 206 Å². The summed E-state index contributed by atoms with van der Waals surface area (Å²) in [6.45, 7) is 0.381. The van der Waals surface area contributed by atoms with Gasteiger partial charge >= 0.3 is 0 Å². The minimum absolute atomic E-state index is 0.0191. The molecule has 0 fully saturated rings. The molecule has 0 spiro atoms. The Kier molecular flexibility index (Phi) is 7.26. The van der Waals surface area contributed by atoms with Gasteiger partial charge in [-0.05, 0) is 64.4 Å². The quantitative estimate of drug-likeness (QED) is 0.220. The van der Waals surface area contributed by atoms with E-state index in [-0.39, 0.29) is 5.57 Å². The summed E-state index contributed by atoms with van der Waals surface area (Å²) in [5, 5.41) is 14.5. The molecule has 1 amide bonds. The molecule has 0 saturated carbocycles. The van der Waals surface area contributed by atoms with Gasteiger partial charge in [0.1, 0.15) is 18.2 Å². The predicted octanol–water partition coefficient (Wildman–Crippen LogP) is 6.74. The van der Waals surface area contributed by atoms with Crippen molar-refractivity contribution < 1.29 is 14.3 Å². The number of rotatable bonds is 7. The van der Waals surface area contributed by atoms with E-state index in [0.29, 0.717) is 29.4 Å². The number of hydrogen-bond acceptors (Lipinski definition) is 4. The van der Waals surface area contributed by atoms with Gasteiger partial charge in [-0.1, -0.05) is 64.5 Å². The summed E-state index contributed by atoms with van der Waals surface area (Å²) >= 11 is 3.35. The number of amides is 1. The Balaban J connectivity index is 1.51. The van der Waals surface area contributed by atoms with Gasteiger partial charge in [0.15, 0.2) is 11.5 Å². The lowest BCUT2D eigenvalue weighted by atomic mass is 10.1. The highest BCUT2D eigenvalue weighted by Gasteiger charge is 2.12. The van der Waals surface area contributed by atoms with Crippen LogP contribution in [0.4, 0.5) is 5.69 Å². The van der Waals surface area contributed by atoms with E-state index >= 15 is 0 Å². The summed E-state index contributed by atoms with van der Waals surface area (Å²) in [5.74, 6) is 0.602. The Morgan fingerprint density at radius 3 is 2.53 bits per heavy atom. The average molecular weight is 513 g/mol. The van der Waals surface area contributed by atoms with Crippen molar-refractivity contribution in [2.75, 3.05) is 12.4 Å². The molecule has 0 unspecified atom stereocenters. The minimum atomic E-state index is -0.486. The zero-order chi connectivity index (χ0) is 23.9. The number of nitriles is 1. The van der Waals surface area contributed by atoms with Gasteiger partial charge in [0.2, 0.25) is 0 Å². The highest BCUT2D eigenvalue weighted by atomic mass is 79.9. The maximum Gasteiger partial charge on any atom is 0.266 e. The number of nitrogens with zero attached hydrogens (tertiary/aromatic N) is 1. The second-order valence-corrected chi connectivity index (χ2v) is 8.38. The van der Waals surface area contributed by atoms with E-state index in [4.69, 9.17) is 9.47 Å². The second-order valence-electron chi connectivity index (χ2n) is 7.47. The van der Waals surface area contributed by atoms with Crippen molar-refractivity contribution >= 4 is 44.4 Å². The van der Waals surface area contributed by atoms with Gasteiger partial charge in [0.25, 0.3) is 5.91 Å². The fraction of sp³-hybridized carbons (Fsp3) is 0.0714. The summed E-state index contributed by atoms with van der Waals surface area (Å²) in [6.07, 6.45) is 1.52. The van der Waals surface area contributed by atoms with Gasteiger partial charge in [-0.15, -0.1) is 0 Å². The fourth-order valence-electron chi connectivity index (χ4n) is 3.51. The van der Waals surface area contributed by atoms with Gasteiger partial charge < -0.3 is 14.8 Å². The third kappa shape index (κ3) is 5.45. The number of methoxy groups -OCH3 is 1. The van der Waals surface area contributed by atoms with Crippen LogP contribution in [0.5, 0.6) is 11.5 Å². The van der Waals surface area contributed by atoms with Crippen LogP contribution in [-0.4, -0.2) is 13.0 Å². The lowest BCUT2D eigenvalue weighted by Gasteiger charge is -2.13. The summed E-state index contributed by atoms with van der Waals surface area (Å²) in [4.78, 5) is 12.6. The molecule has 4 aromatic carbocycles. The number of anilines is 1. The molecule has 4 aromatic rings. The van der Waals surface area contributed by atoms with Crippen molar-refractivity contribution in [3.05, 3.63) is 106 Å². The molecule has 0 saturated heterocycles. The Bertz CT molecular complexity index is 1400. The molecule has 0 bridgehead atoms. The number of fused-ring (bicyclic) bond motifs is 1. The third-order valence-electron chi connectivity index (χ3n) is 5.23. The first kappa shape index (κ1) is 23.1. The third-order valence-corrected chi connectivity index (χ3v) is 5.76. The van der Waals surface area contributed by atoms with Gasteiger partial charge in [0, 0.05) is 10.2 Å². The zero-order valence-electron chi connectivity index (χ0n) is 18.4. The van der Waals surface area contributed by atoms with Crippen LogP contribution in [0.2, 0.25) is 0 Å². The number of carbonyl (C=O) groups excluding carboxylic acids is 1. The number of hydrogen-bond donors (Lipinski definition) is 1. The van der Waals surface area contributed by atoms with Crippen LogP contribution in [0.15, 0.2) is 95.0 Å². The molecule has 4 rings (SSSR count). The molecule has 168 valence electrons. The summed E-state index contributed by atoms with van der Waals surface area (Å²) in [5.41, 5.74) is 2.30. The molecule has 6 heteroatoms. The Hall–Kier alpha value is -4.08. The van der Waals surface area contributed by atoms with E-state index in [2.05, 4.69) is 39.4 Å². The monoisotopic (exact) mass is 512 g/mol. The molecule has 0 aromatic heterocycles. The topological polar surface area (TPSA) is 71.3 Å². The maximum absolute atomic E-state index is 12.6. The molecule has 34 heavy (non-hydrogen) atoms. The molecule has 5 nitrogen and oxygen atoms in total. The van der Waals surface area contributed by atoms with Gasteiger partial charge in [-0.25, -0.2) is 0 Å². The molecule has 0 radical (unpaired) electrons. The van der Waals surface area contributed by atoms with E-state index < -0.39 is 5.91 Å². The molecule has 0 aliphatic heterocycles. The first-order valence-electron chi connectivity index (χ1n) is 10.5. The molecule has 0 heterocycles. The first-order chi connectivity index (χ1) is 16.6. The van der Waals surface area contributed by atoms with Gasteiger partial charge in [-0.2, -0.15) is 5.26 Å². The lowest BCUT2D eigenvalue weighted by molar-refractivity contribution is -0.112. The number of benzene rings is 4. The Morgan fingerprint density at radius 2 is 1.76 bits per heavy atom. The fourth-order valence-corrected chi connectivity index (χ4v) is 3.78. The van der Waals surface area contributed by atoms with Crippen molar-refractivity contribution in [1.82, 2.24) is 0 Å². The highest BCUT2D eigenvalue weighted by Crippen LogP contribution is 2.30. The minimum Gasteiger partial charge on any atom is -0.493 e. The summed E-state index contributed by atoms with van der Waals surface area (Å²) < 4.78 is 12.5. The van der Waals surface area contributed by atoms with Crippen LogP contribution in [0.1, 0.15) is 11.1 Å². The maximum atomic E-state index is 12.6. The van der Waals surface area contributed by atoms with E-state index in [9.17, 15) is 10.1 Å². The first-order valence-corrected chi connectivity index (χ1v) is 11.3. The van der Waals surface area contributed by atoms with Crippen LogP contribution < -0.4 is 14.8 Å². The predicted molar refractivity (Wildman–Crippen MR) is 138 cm³/mol. The van der Waals surface area contributed by atoms with Crippen LogP contribution in [0.25, 0.3) is 16.8 Å². The van der Waals surface area contributed by atoms with E-state index in [1.165, 1.54) is 6.08 Å². The summed E-state index contributed by atoms with van der Waals surface area (Å²) in [6, 6.07) is 28.7. The zero-order valence-corrected chi connectivity index (χ0v) is 20.0. The van der Waals surface area contributed by atoms with Gasteiger partial charge in [-0.3, -0.25) is 4.79 Å². The van der Waals surface area contributed by atoms with Crippen molar-refractivity contribution in [3.8, 4) is 17.6 Å². The van der Waals surface area contributed by atoms with Crippen molar-refractivity contribution in [2.24, 2.45) is 0 Å². The van der Waals surface area contributed by atoms with Crippen molar-refractivity contribution in [1.29, 1.82) is 5.26 Å². The molecular formula is C28H21BrN2O3. The summed E-state index contributed by atoms with van der Waals surface area (Å²) in [7, 11) is 1.55. The molecular weight excluding hydrogens is 492 g/mol. The lowest BCUT2D eigenvalue weighted by Crippen LogP contribution is -2.13. The largest absolute Gasteiger partial charge is 0.493 e. The van der Waals surface area contributed by atoms with E-state index in [1.807, 2.05) is 42.5 Å². The van der Waals surface area contributed by atoms with Gasteiger partial charge in [0.05, 0.1) is 7.11 Å². The normalized spacial score (nSPS) is 11.0. The van der Waals surface area contributed by atoms with Crippen LogP contribution in [-0.2, 0) is 11.4 Å². The van der Waals surface area contributed by atoms with Crippen LogP contribution in [0, 0.1) is 11.3 Å².